The zero-order valence-corrected chi connectivity index (χ0v) is 11.5. The predicted molar refractivity (Wildman–Crippen MR) is 64.8 cm³/mol. The Bertz CT molecular complexity index is 424. The molecule has 10 heteroatoms. The van der Waals surface area contributed by atoms with Crippen LogP contribution in [0.25, 0.3) is 0 Å². The first-order chi connectivity index (χ1) is 8.59. The van der Waals surface area contributed by atoms with Gasteiger partial charge in [0.25, 0.3) is 0 Å². The summed E-state index contributed by atoms with van der Waals surface area (Å²) >= 11 is -0.191. The molecule has 1 unspecified atom stereocenters. The fourth-order valence-corrected chi connectivity index (χ4v) is 4.03. The van der Waals surface area contributed by atoms with Gasteiger partial charge in [-0.15, -0.1) is 0 Å². The first-order valence-electron chi connectivity index (χ1n) is 5.46. The molecule has 0 saturated carbocycles. The van der Waals surface area contributed by atoms with Crippen LogP contribution >= 0.6 is 11.8 Å². The minimum Gasteiger partial charge on any atom is -0.481 e. The van der Waals surface area contributed by atoms with Gasteiger partial charge >= 0.3 is 11.5 Å². The molecular formula is C9H14F3NO4S2. The zero-order valence-electron chi connectivity index (χ0n) is 9.89. The third kappa shape index (κ3) is 6.48. The second-order valence-corrected chi connectivity index (χ2v) is 7.58. The van der Waals surface area contributed by atoms with Crippen LogP contribution in [-0.4, -0.2) is 66.3 Å². The van der Waals surface area contributed by atoms with E-state index in [1.54, 1.807) is 0 Å². The van der Waals surface area contributed by atoms with Gasteiger partial charge in [0, 0.05) is 24.9 Å². The number of aliphatic carboxylic acids is 1. The number of rotatable bonds is 5. The molecule has 19 heavy (non-hydrogen) atoms. The Balaban J connectivity index is 2.56. The summed E-state index contributed by atoms with van der Waals surface area (Å²) in [6.07, 6.45) is -0.379. The fraction of sp³-hybridized carbons (Fsp3) is 0.889. The van der Waals surface area contributed by atoms with Gasteiger partial charge in [0.2, 0.25) is 0 Å². The Morgan fingerprint density at radius 3 is 2.58 bits per heavy atom. The van der Waals surface area contributed by atoms with E-state index in [4.69, 9.17) is 5.11 Å². The molecule has 0 aliphatic carbocycles. The molecule has 0 aromatic rings. The summed E-state index contributed by atoms with van der Waals surface area (Å²) in [4.78, 5) is 12.2. The maximum absolute atomic E-state index is 12.0. The number of carboxylic acids is 1. The molecule has 1 saturated heterocycles. The number of carbonyl (C=O) groups is 1. The quantitative estimate of drug-likeness (QED) is 0.808. The zero-order chi connectivity index (χ0) is 14.7. The van der Waals surface area contributed by atoms with Crippen LogP contribution in [0.1, 0.15) is 6.42 Å². The van der Waals surface area contributed by atoms with Crippen LogP contribution in [0.4, 0.5) is 13.2 Å². The number of thioether (sulfide) groups is 1. The summed E-state index contributed by atoms with van der Waals surface area (Å²) in [7, 11) is -3.30. The first-order valence-corrected chi connectivity index (χ1v) is 8.27. The number of hydrogen-bond acceptors (Lipinski definition) is 5. The molecule has 1 aliphatic heterocycles. The third-order valence-electron chi connectivity index (χ3n) is 2.71. The van der Waals surface area contributed by atoms with Crippen LogP contribution in [-0.2, 0) is 14.6 Å². The number of sulfone groups is 1. The second-order valence-electron chi connectivity index (χ2n) is 4.20. The van der Waals surface area contributed by atoms with Crippen molar-refractivity contribution in [2.24, 2.45) is 0 Å². The molecule has 0 aromatic carbocycles. The predicted octanol–water partition coefficient (Wildman–Crippen LogP) is 0.813. The van der Waals surface area contributed by atoms with Crippen molar-refractivity contribution < 1.29 is 31.5 Å². The van der Waals surface area contributed by atoms with Crippen LogP contribution in [0.5, 0.6) is 0 Å². The van der Waals surface area contributed by atoms with Crippen LogP contribution in [0, 0.1) is 0 Å². The van der Waals surface area contributed by atoms with E-state index >= 15 is 0 Å². The average Bonchev–Trinajstić information content (AvgIpc) is 2.18. The van der Waals surface area contributed by atoms with Crippen molar-refractivity contribution in [3.05, 3.63) is 0 Å². The minimum absolute atomic E-state index is 0.0254. The van der Waals surface area contributed by atoms with Gasteiger partial charge in [0.1, 0.15) is 0 Å². The second kappa shape index (κ2) is 6.31. The highest BCUT2D eigenvalue weighted by Crippen LogP contribution is 2.30. The highest BCUT2D eigenvalue weighted by atomic mass is 32.2. The molecule has 0 amide bonds. The molecule has 1 aliphatic rings. The van der Waals surface area contributed by atoms with Gasteiger partial charge in [-0.2, -0.15) is 13.2 Å². The summed E-state index contributed by atoms with van der Waals surface area (Å²) < 4.78 is 58.8. The summed E-state index contributed by atoms with van der Waals surface area (Å²) in [5.74, 6) is -1.84. The Morgan fingerprint density at radius 2 is 2.05 bits per heavy atom. The lowest BCUT2D eigenvalue weighted by Crippen LogP contribution is -2.50. The monoisotopic (exact) mass is 321 g/mol. The van der Waals surface area contributed by atoms with E-state index in [2.05, 4.69) is 0 Å². The van der Waals surface area contributed by atoms with Gasteiger partial charge in [-0.25, -0.2) is 8.42 Å². The number of hydrogen-bond donors (Lipinski definition) is 1. The topological polar surface area (TPSA) is 74.7 Å². The standard InChI is InChI=1S/C9H14F3NO4S2/c10-9(11,12)18-3-1-13-2-4-19(16,17)6-7(13)5-8(14)15/h7H,1-6H2,(H,14,15). The van der Waals surface area contributed by atoms with E-state index in [0.717, 1.165) is 0 Å². The van der Waals surface area contributed by atoms with Crippen molar-refractivity contribution in [1.82, 2.24) is 4.90 Å². The van der Waals surface area contributed by atoms with Crippen molar-refractivity contribution in [2.75, 3.05) is 30.3 Å². The third-order valence-corrected chi connectivity index (χ3v) is 5.12. The molecule has 112 valence electrons. The van der Waals surface area contributed by atoms with E-state index < -0.39 is 27.4 Å². The summed E-state index contributed by atoms with van der Waals surface area (Å²) in [6, 6.07) is -0.745. The van der Waals surface area contributed by atoms with Crippen molar-refractivity contribution >= 4 is 27.6 Å². The normalized spacial score (nSPS) is 24.3. The van der Waals surface area contributed by atoms with Gasteiger partial charge in [0.05, 0.1) is 17.9 Å². The average molecular weight is 321 g/mol. The molecule has 1 heterocycles. The Hall–Kier alpha value is -0.480. The van der Waals surface area contributed by atoms with Gasteiger partial charge in [-0.1, -0.05) is 0 Å². The van der Waals surface area contributed by atoms with Crippen molar-refractivity contribution in [3.63, 3.8) is 0 Å². The number of carboxylic acid groups (broad SMARTS) is 1. The largest absolute Gasteiger partial charge is 0.481 e. The summed E-state index contributed by atoms with van der Waals surface area (Å²) in [5.41, 5.74) is -4.33. The molecule has 0 spiro atoms. The van der Waals surface area contributed by atoms with Crippen molar-refractivity contribution in [1.29, 1.82) is 0 Å². The van der Waals surface area contributed by atoms with Crippen LogP contribution in [0.2, 0.25) is 0 Å². The van der Waals surface area contributed by atoms with E-state index in [1.807, 2.05) is 0 Å². The SMILES string of the molecule is O=C(O)CC1CS(=O)(=O)CCN1CCSC(F)(F)F. The molecule has 0 radical (unpaired) electrons. The number of alkyl halides is 3. The van der Waals surface area contributed by atoms with Gasteiger partial charge < -0.3 is 5.11 Å². The van der Waals surface area contributed by atoms with E-state index in [1.165, 1.54) is 4.90 Å². The molecular weight excluding hydrogens is 307 g/mol. The van der Waals surface area contributed by atoms with Gasteiger partial charge in [-0.05, 0) is 11.8 Å². The van der Waals surface area contributed by atoms with Gasteiger partial charge in [-0.3, -0.25) is 9.69 Å². The molecule has 1 rings (SSSR count). The van der Waals surface area contributed by atoms with Crippen LogP contribution in [0.15, 0.2) is 0 Å². The molecule has 1 fully saturated rings. The minimum atomic E-state index is -4.33. The van der Waals surface area contributed by atoms with Gasteiger partial charge in [0.15, 0.2) is 9.84 Å². The van der Waals surface area contributed by atoms with E-state index in [-0.39, 0.29) is 48.5 Å². The van der Waals surface area contributed by atoms with Crippen LogP contribution < -0.4 is 0 Å². The molecule has 0 bridgehead atoms. The molecule has 1 N–H and O–H groups in total. The fourth-order valence-electron chi connectivity index (χ4n) is 1.88. The number of halogens is 3. The molecule has 0 aromatic heterocycles. The maximum atomic E-state index is 12.0. The van der Waals surface area contributed by atoms with E-state index in [0.29, 0.717) is 0 Å². The lowest BCUT2D eigenvalue weighted by molar-refractivity contribution is -0.138. The Kier molecular flexibility index (Phi) is 5.51. The first kappa shape index (κ1) is 16.6. The van der Waals surface area contributed by atoms with Crippen molar-refractivity contribution in [2.45, 2.75) is 18.0 Å². The Morgan fingerprint density at radius 1 is 1.42 bits per heavy atom. The molecule has 5 nitrogen and oxygen atoms in total. The summed E-state index contributed by atoms with van der Waals surface area (Å²) in [6.45, 7) is 0.107. The van der Waals surface area contributed by atoms with Crippen molar-refractivity contribution in [3.8, 4) is 0 Å². The maximum Gasteiger partial charge on any atom is 0.441 e. The lowest BCUT2D eigenvalue weighted by Gasteiger charge is -2.34. The van der Waals surface area contributed by atoms with Crippen LogP contribution in [0.3, 0.4) is 0 Å². The number of nitrogens with zero attached hydrogens (tertiary/aromatic N) is 1. The van der Waals surface area contributed by atoms with E-state index in [9.17, 15) is 26.4 Å². The highest BCUT2D eigenvalue weighted by Gasteiger charge is 2.34. The molecule has 1 atom stereocenters. The Labute approximate surface area is 113 Å². The smallest absolute Gasteiger partial charge is 0.441 e. The highest BCUT2D eigenvalue weighted by molar-refractivity contribution is 8.00. The lowest BCUT2D eigenvalue weighted by atomic mass is 10.2. The summed E-state index contributed by atoms with van der Waals surface area (Å²) in [5, 5.41) is 8.70.